The Balaban J connectivity index is 1.76. The molecule has 0 unspecified atom stereocenters. The zero-order valence-corrected chi connectivity index (χ0v) is 12.5. The lowest BCUT2D eigenvalue weighted by Gasteiger charge is -2.07. The average molecular weight is 301 g/mol. The number of aromatic nitrogens is 2. The van der Waals surface area contributed by atoms with E-state index >= 15 is 0 Å². The van der Waals surface area contributed by atoms with E-state index in [1.54, 1.807) is 13.2 Å². The Bertz CT molecular complexity index is 590. The number of ether oxygens (including phenoxy) is 2. The SMILES string of the molecule is COCCc1cc(NCC(=O)OCc2ccccc2)ncn1. The van der Waals surface area contributed by atoms with E-state index < -0.39 is 0 Å². The molecule has 1 N–H and O–H groups in total. The molecular weight excluding hydrogens is 282 g/mol. The first-order valence-corrected chi connectivity index (χ1v) is 7.01. The molecule has 22 heavy (non-hydrogen) atoms. The van der Waals surface area contributed by atoms with E-state index in [0.29, 0.717) is 18.8 Å². The predicted octanol–water partition coefficient (Wildman–Crippen LogP) is 1.82. The molecule has 0 aliphatic rings. The summed E-state index contributed by atoms with van der Waals surface area (Å²) in [6.07, 6.45) is 2.16. The molecule has 0 aliphatic heterocycles. The first-order valence-electron chi connectivity index (χ1n) is 7.01. The summed E-state index contributed by atoms with van der Waals surface area (Å²) in [5.41, 5.74) is 1.82. The highest BCUT2D eigenvalue weighted by Crippen LogP contribution is 2.05. The fourth-order valence-corrected chi connectivity index (χ4v) is 1.79. The summed E-state index contributed by atoms with van der Waals surface area (Å²) >= 11 is 0. The maximum atomic E-state index is 11.7. The van der Waals surface area contributed by atoms with Crippen LogP contribution in [-0.2, 0) is 27.3 Å². The number of hydrogen-bond acceptors (Lipinski definition) is 6. The number of nitrogens with zero attached hydrogens (tertiary/aromatic N) is 2. The summed E-state index contributed by atoms with van der Waals surface area (Å²) in [7, 11) is 1.64. The summed E-state index contributed by atoms with van der Waals surface area (Å²) in [6.45, 7) is 0.924. The van der Waals surface area contributed by atoms with Crippen LogP contribution in [0.25, 0.3) is 0 Å². The molecule has 1 heterocycles. The first kappa shape index (κ1) is 15.9. The minimum Gasteiger partial charge on any atom is -0.460 e. The second kappa shape index (κ2) is 8.74. The highest BCUT2D eigenvalue weighted by molar-refractivity contribution is 5.74. The molecule has 0 atom stereocenters. The van der Waals surface area contributed by atoms with Crippen LogP contribution < -0.4 is 5.32 Å². The van der Waals surface area contributed by atoms with E-state index in [-0.39, 0.29) is 19.1 Å². The number of benzene rings is 1. The number of anilines is 1. The second-order valence-electron chi connectivity index (χ2n) is 4.64. The quantitative estimate of drug-likeness (QED) is 0.750. The Morgan fingerprint density at radius 3 is 2.82 bits per heavy atom. The van der Waals surface area contributed by atoms with Crippen LogP contribution in [0, 0.1) is 0 Å². The number of rotatable bonds is 8. The van der Waals surface area contributed by atoms with Gasteiger partial charge in [0, 0.05) is 25.3 Å². The topological polar surface area (TPSA) is 73.3 Å². The van der Waals surface area contributed by atoms with Gasteiger partial charge >= 0.3 is 5.97 Å². The molecule has 6 heteroatoms. The van der Waals surface area contributed by atoms with Crippen molar-refractivity contribution in [1.82, 2.24) is 9.97 Å². The number of methoxy groups -OCH3 is 1. The van der Waals surface area contributed by atoms with Crippen LogP contribution in [0.4, 0.5) is 5.82 Å². The van der Waals surface area contributed by atoms with Crippen molar-refractivity contribution in [3.05, 3.63) is 54.0 Å². The predicted molar refractivity (Wildman–Crippen MR) is 82.3 cm³/mol. The Hall–Kier alpha value is -2.47. The maximum absolute atomic E-state index is 11.7. The molecule has 1 aromatic heterocycles. The third-order valence-electron chi connectivity index (χ3n) is 2.94. The van der Waals surface area contributed by atoms with Crippen molar-refractivity contribution in [1.29, 1.82) is 0 Å². The lowest BCUT2D eigenvalue weighted by Crippen LogP contribution is -2.17. The van der Waals surface area contributed by atoms with Crippen molar-refractivity contribution in [2.45, 2.75) is 13.0 Å². The Labute approximate surface area is 129 Å². The van der Waals surface area contributed by atoms with Crippen molar-refractivity contribution in [2.75, 3.05) is 25.6 Å². The van der Waals surface area contributed by atoms with Crippen LogP contribution >= 0.6 is 0 Å². The van der Waals surface area contributed by atoms with Gasteiger partial charge in [0.25, 0.3) is 0 Å². The molecule has 0 radical (unpaired) electrons. The van der Waals surface area contributed by atoms with Gasteiger partial charge in [-0.15, -0.1) is 0 Å². The minimum absolute atomic E-state index is 0.0631. The fraction of sp³-hybridized carbons (Fsp3) is 0.312. The van der Waals surface area contributed by atoms with Crippen LogP contribution in [0.3, 0.4) is 0 Å². The summed E-state index contributed by atoms with van der Waals surface area (Å²) < 4.78 is 10.2. The summed E-state index contributed by atoms with van der Waals surface area (Å²) in [5, 5.41) is 2.93. The molecular formula is C16H19N3O3. The van der Waals surface area contributed by atoms with E-state index in [1.165, 1.54) is 6.33 Å². The van der Waals surface area contributed by atoms with Gasteiger partial charge in [-0.05, 0) is 5.56 Å². The van der Waals surface area contributed by atoms with Crippen molar-refractivity contribution in [3.8, 4) is 0 Å². The van der Waals surface area contributed by atoms with Crippen molar-refractivity contribution in [2.24, 2.45) is 0 Å². The minimum atomic E-state index is -0.332. The number of carbonyl (C=O) groups is 1. The van der Waals surface area contributed by atoms with Crippen LogP contribution in [0.15, 0.2) is 42.7 Å². The molecule has 0 fully saturated rings. The summed E-state index contributed by atoms with van der Waals surface area (Å²) in [4.78, 5) is 19.9. The van der Waals surface area contributed by atoms with Gasteiger partial charge in [-0.25, -0.2) is 9.97 Å². The van der Waals surface area contributed by atoms with Gasteiger partial charge in [-0.2, -0.15) is 0 Å². The molecule has 0 aliphatic carbocycles. The molecule has 2 aromatic rings. The number of nitrogens with one attached hydrogen (secondary N) is 1. The van der Waals surface area contributed by atoms with E-state index in [0.717, 1.165) is 11.3 Å². The lowest BCUT2D eigenvalue weighted by molar-refractivity contribution is -0.142. The molecule has 2 rings (SSSR count). The third kappa shape index (κ3) is 5.49. The van der Waals surface area contributed by atoms with Crippen LogP contribution in [0.1, 0.15) is 11.3 Å². The van der Waals surface area contributed by atoms with Gasteiger partial charge in [0.15, 0.2) is 0 Å². The van der Waals surface area contributed by atoms with E-state index in [1.807, 2.05) is 30.3 Å². The highest BCUT2D eigenvalue weighted by atomic mass is 16.5. The highest BCUT2D eigenvalue weighted by Gasteiger charge is 2.05. The molecule has 6 nitrogen and oxygen atoms in total. The van der Waals surface area contributed by atoms with Crippen molar-refractivity contribution < 1.29 is 14.3 Å². The fourth-order valence-electron chi connectivity index (χ4n) is 1.79. The van der Waals surface area contributed by atoms with Crippen LogP contribution in [0.2, 0.25) is 0 Å². The maximum Gasteiger partial charge on any atom is 0.325 e. The normalized spacial score (nSPS) is 10.2. The monoisotopic (exact) mass is 301 g/mol. The van der Waals surface area contributed by atoms with Gasteiger partial charge in [0.1, 0.15) is 25.3 Å². The Morgan fingerprint density at radius 1 is 1.23 bits per heavy atom. The standard InChI is InChI=1S/C16H19N3O3/c1-21-8-7-14-9-15(19-12-18-14)17-10-16(20)22-11-13-5-3-2-4-6-13/h2-6,9,12H,7-8,10-11H2,1H3,(H,17,18,19). The smallest absolute Gasteiger partial charge is 0.325 e. The third-order valence-corrected chi connectivity index (χ3v) is 2.94. The van der Waals surface area contributed by atoms with Gasteiger partial charge in [0.05, 0.1) is 6.61 Å². The summed E-state index contributed by atoms with van der Waals surface area (Å²) in [5.74, 6) is 0.263. The number of esters is 1. The lowest BCUT2D eigenvalue weighted by atomic mass is 10.2. The Morgan fingerprint density at radius 2 is 2.05 bits per heavy atom. The zero-order chi connectivity index (χ0) is 15.6. The van der Waals surface area contributed by atoms with Gasteiger partial charge in [0.2, 0.25) is 0 Å². The molecule has 0 saturated carbocycles. The molecule has 116 valence electrons. The molecule has 0 saturated heterocycles. The number of carbonyl (C=O) groups excluding carboxylic acids is 1. The number of hydrogen-bond donors (Lipinski definition) is 1. The van der Waals surface area contributed by atoms with Gasteiger partial charge in [-0.3, -0.25) is 4.79 Å². The van der Waals surface area contributed by atoms with Crippen LogP contribution in [-0.4, -0.2) is 36.2 Å². The first-order chi connectivity index (χ1) is 10.8. The van der Waals surface area contributed by atoms with Crippen LogP contribution in [0.5, 0.6) is 0 Å². The van der Waals surface area contributed by atoms with E-state index in [9.17, 15) is 4.79 Å². The summed E-state index contributed by atoms with van der Waals surface area (Å²) in [6, 6.07) is 11.3. The van der Waals surface area contributed by atoms with Gasteiger partial charge < -0.3 is 14.8 Å². The van der Waals surface area contributed by atoms with Crippen molar-refractivity contribution in [3.63, 3.8) is 0 Å². The van der Waals surface area contributed by atoms with Crippen molar-refractivity contribution >= 4 is 11.8 Å². The molecule has 0 amide bonds. The zero-order valence-electron chi connectivity index (χ0n) is 12.5. The molecule has 0 spiro atoms. The Kier molecular flexibility index (Phi) is 6.32. The molecule has 0 bridgehead atoms. The average Bonchev–Trinajstić information content (AvgIpc) is 2.57. The second-order valence-corrected chi connectivity index (χ2v) is 4.64. The molecule has 1 aromatic carbocycles. The largest absolute Gasteiger partial charge is 0.460 e. The van der Waals surface area contributed by atoms with E-state index in [4.69, 9.17) is 9.47 Å². The van der Waals surface area contributed by atoms with E-state index in [2.05, 4.69) is 15.3 Å². The van der Waals surface area contributed by atoms with Gasteiger partial charge in [-0.1, -0.05) is 30.3 Å².